The lowest BCUT2D eigenvalue weighted by Gasteiger charge is -2.48. The van der Waals surface area contributed by atoms with Crippen molar-refractivity contribution >= 4 is 0 Å². The van der Waals surface area contributed by atoms with E-state index in [1.54, 1.807) is 0 Å². The van der Waals surface area contributed by atoms with E-state index in [1.165, 1.54) is 45.2 Å². The first kappa shape index (κ1) is 12.4. The van der Waals surface area contributed by atoms with Gasteiger partial charge in [-0.3, -0.25) is 4.90 Å². The second-order valence-corrected chi connectivity index (χ2v) is 6.38. The van der Waals surface area contributed by atoms with Crippen molar-refractivity contribution in [3.05, 3.63) is 0 Å². The SMILES string of the molecule is CCC1CCN(C(C)(CN)C2(C)CC2)CC1. The van der Waals surface area contributed by atoms with Gasteiger partial charge in [0, 0.05) is 12.1 Å². The Morgan fingerprint density at radius 1 is 1.31 bits per heavy atom. The highest BCUT2D eigenvalue weighted by atomic mass is 15.2. The Bertz CT molecular complexity index is 239. The summed E-state index contributed by atoms with van der Waals surface area (Å²) in [6.45, 7) is 10.5. The smallest absolute Gasteiger partial charge is 0.0357 e. The summed E-state index contributed by atoms with van der Waals surface area (Å²) in [6, 6.07) is 0. The molecule has 1 saturated carbocycles. The van der Waals surface area contributed by atoms with Gasteiger partial charge in [-0.15, -0.1) is 0 Å². The maximum atomic E-state index is 6.09. The Kier molecular flexibility index (Phi) is 3.33. The molecule has 1 atom stereocenters. The van der Waals surface area contributed by atoms with Crippen LogP contribution in [0.3, 0.4) is 0 Å². The molecule has 2 N–H and O–H groups in total. The largest absolute Gasteiger partial charge is 0.329 e. The maximum absolute atomic E-state index is 6.09. The highest BCUT2D eigenvalue weighted by Gasteiger charge is 2.55. The average molecular weight is 224 g/mol. The molecule has 2 heteroatoms. The minimum absolute atomic E-state index is 0.256. The average Bonchev–Trinajstić information content (AvgIpc) is 3.08. The van der Waals surface area contributed by atoms with Gasteiger partial charge in [0.05, 0.1) is 0 Å². The van der Waals surface area contributed by atoms with Crippen LogP contribution in [-0.2, 0) is 0 Å². The van der Waals surface area contributed by atoms with Gasteiger partial charge in [0.25, 0.3) is 0 Å². The van der Waals surface area contributed by atoms with Gasteiger partial charge in [-0.2, -0.15) is 0 Å². The molecule has 0 aromatic carbocycles. The molecule has 16 heavy (non-hydrogen) atoms. The Labute approximate surface area is 101 Å². The first-order valence-electron chi connectivity index (χ1n) is 7.01. The van der Waals surface area contributed by atoms with Crippen LogP contribution in [0.15, 0.2) is 0 Å². The van der Waals surface area contributed by atoms with Crippen LogP contribution in [0.5, 0.6) is 0 Å². The van der Waals surface area contributed by atoms with Crippen LogP contribution in [0.1, 0.15) is 52.9 Å². The molecule has 0 spiro atoms. The van der Waals surface area contributed by atoms with E-state index in [1.807, 2.05) is 0 Å². The van der Waals surface area contributed by atoms with Gasteiger partial charge in [-0.25, -0.2) is 0 Å². The van der Waals surface area contributed by atoms with Crippen LogP contribution in [0.25, 0.3) is 0 Å². The van der Waals surface area contributed by atoms with E-state index in [4.69, 9.17) is 5.73 Å². The van der Waals surface area contributed by atoms with Gasteiger partial charge < -0.3 is 5.73 Å². The van der Waals surface area contributed by atoms with Gasteiger partial charge in [-0.1, -0.05) is 20.3 Å². The van der Waals surface area contributed by atoms with Crippen molar-refractivity contribution in [2.75, 3.05) is 19.6 Å². The van der Waals surface area contributed by atoms with E-state index >= 15 is 0 Å². The minimum atomic E-state index is 0.256. The van der Waals surface area contributed by atoms with Crippen LogP contribution in [0.2, 0.25) is 0 Å². The predicted octanol–water partition coefficient (Wildman–Crippen LogP) is 2.63. The normalized spacial score (nSPS) is 30.0. The van der Waals surface area contributed by atoms with Crippen molar-refractivity contribution in [2.45, 2.75) is 58.4 Å². The molecule has 2 aliphatic rings. The fraction of sp³-hybridized carbons (Fsp3) is 1.00. The first-order valence-corrected chi connectivity index (χ1v) is 7.01. The lowest BCUT2D eigenvalue weighted by Crippen LogP contribution is -2.59. The Hall–Kier alpha value is -0.0800. The number of rotatable bonds is 4. The molecule has 2 nitrogen and oxygen atoms in total. The van der Waals surface area contributed by atoms with E-state index in [0.29, 0.717) is 5.41 Å². The third-order valence-electron chi connectivity index (χ3n) is 5.59. The van der Waals surface area contributed by atoms with Crippen molar-refractivity contribution in [2.24, 2.45) is 17.1 Å². The zero-order chi connectivity index (χ0) is 11.8. The van der Waals surface area contributed by atoms with Crippen molar-refractivity contribution < 1.29 is 0 Å². The summed E-state index contributed by atoms with van der Waals surface area (Å²) >= 11 is 0. The predicted molar refractivity (Wildman–Crippen MR) is 69.4 cm³/mol. The Balaban J connectivity index is 2.01. The number of nitrogens with two attached hydrogens (primary N) is 1. The number of piperidine rings is 1. The number of likely N-dealkylation sites (tertiary alicyclic amines) is 1. The summed E-state index contributed by atoms with van der Waals surface area (Å²) in [5, 5.41) is 0. The van der Waals surface area contributed by atoms with E-state index in [-0.39, 0.29) is 5.54 Å². The molecule has 0 bridgehead atoms. The van der Waals surface area contributed by atoms with E-state index < -0.39 is 0 Å². The molecule has 2 rings (SSSR count). The Morgan fingerprint density at radius 2 is 1.88 bits per heavy atom. The molecule has 0 radical (unpaired) electrons. The van der Waals surface area contributed by atoms with Gasteiger partial charge >= 0.3 is 0 Å². The van der Waals surface area contributed by atoms with E-state index in [9.17, 15) is 0 Å². The molecule has 1 aliphatic heterocycles. The number of hydrogen-bond acceptors (Lipinski definition) is 2. The summed E-state index contributed by atoms with van der Waals surface area (Å²) in [4.78, 5) is 2.69. The third-order valence-corrected chi connectivity index (χ3v) is 5.59. The van der Waals surface area contributed by atoms with Crippen LogP contribution in [0.4, 0.5) is 0 Å². The molecular weight excluding hydrogens is 196 g/mol. The van der Waals surface area contributed by atoms with Crippen molar-refractivity contribution in [3.63, 3.8) is 0 Å². The number of nitrogens with zero attached hydrogens (tertiary/aromatic N) is 1. The van der Waals surface area contributed by atoms with Crippen LogP contribution in [0, 0.1) is 11.3 Å². The molecule has 0 amide bonds. The summed E-state index contributed by atoms with van der Waals surface area (Å²) in [5.74, 6) is 0.963. The Morgan fingerprint density at radius 3 is 2.25 bits per heavy atom. The van der Waals surface area contributed by atoms with Gasteiger partial charge in [0.1, 0.15) is 0 Å². The molecule has 2 fully saturated rings. The highest BCUT2D eigenvalue weighted by molar-refractivity contribution is 5.10. The molecule has 94 valence electrons. The number of hydrogen-bond donors (Lipinski definition) is 1. The second-order valence-electron chi connectivity index (χ2n) is 6.38. The lowest BCUT2D eigenvalue weighted by molar-refractivity contribution is 0.0179. The maximum Gasteiger partial charge on any atom is 0.0357 e. The second kappa shape index (κ2) is 4.30. The topological polar surface area (TPSA) is 29.3 Å². The van der Waals surface area contributed by atoms with Crippen molar-refractivity contribution in [3.8, 4) is 0 Å². The van der Waals surface area contributed by atoms with Crippen LogP contribution < -0.4 is 5.73 Å². The summed E-state index contributed by atoms with van der Waals surface area (Å²) in [5.41, 5.74) is 6.85. The van der Waals surface area contributed by atoms with Gasteiger partial charge in [0.15, 0.2) is 0 Å². The minimum Gasteiger partial charge on any atom is -0.329 e. The van der Waals surface area contributed by atoms with E-state index in [2.05, 4.69) is 25.7 Å². The molecule has 1 saturated heterocycles. The summed E-state index contributed by atoms with van der Waals surface area (Å²) in [6.07, 6.45) is 6.84. The molecule has 0 aromatic rings. The third kappa shape index (κ3) is 1.91. The fourth-order valence-corrected chi connectivity index (χ4v) is 3.32. The first-order chi connectivity index (χ1) is 7.55. The van der Waals surface area contributed by atoms with Gasteiger partial charge in [-0.05, 0) is 57.0 Å². The monoisotopic (exact) mass is 224 g/mol. The van der Waals surface area contributed by atoms with Crippen molar-refractivity contribution in [1.29, 1.82) is 0 Å². The quantitative estimate of drug-likeness (QED) is 0.795. The highest BCUT2D eigenvalue weighted by Crippen LogP contribution is 2.56. The van der Waals surface area contributed by atoms with E-state index in [0.717, 1.165) is 12.5 Å². The summed E-state index contributed by atoms with van der Waals surface area (Å²) < 4.78 is 0. The standard InChI is InChI=1S/C14H28N2/c1-4-12-5-9-16(10-6-12)14(3,11-15)13(2)7-8-13/h12H,4-11,15H2,1-3H3. The summed E-state index contributed by atoms with van der Waals surface area (Å²) in [7, 11) is 0. The molecule has 1 unspecified atom stereocenters. The van der Waals surface area contributed by atoms with Gasteiger partial charge in [0.2, 0.25) is 0 Å². The zero-order valence-electron chi connectivity index (χ0n) is 11.3. The molecule has 0 aromatic heterocycles. The zero-order valence-corrected chi connectivity index (χ0v) is 11.3. The molecular formula is C14H28N2. The van der Waals surface area contributed by atoms with Crippen LogP contribution in [-0.4, -0.2) is 30.1 Å². The molecule has 1 aliphatic carbocycles. The molecule has 1 heterocycles. The van der Waals surface area contributed by atoms with Crippen molar-refractivity contribution in [1.82, 2.24) is 4.90 Å². The van der Waals surface area contributed by atoms with Crippen LogP contribution >= 0.6 is 0 Å². The lowest BCUT2D eigenvalue weighted by atomic mass is 9.79. The fourth-order valence-electron chi connectivity index (χ4n) is 3.32.